The average molecular weight is 295 g/mol. The zero-order valence-corrected chi connectivity index (χ0v) is 12.2. The third-order valence-corrected chi connectivity index (χ3v) is 3.49. The molecule has 0 fully saturated rings. The maximum Gasteiger partial charge on any atom is 0.252 e. The van der Waals surface area contributed by atoms with Gasteiger partial charge in [0.1, 0.15) is 6.61 Å². The predicted octanol–water partition coefficient (Wildman–Crippen LogP) is 1.87. The van der Waals surface area contributed by atoms with E-state index in [2.05, 4.69) is 10.3 Å². The van der Waals surface area contributed by atoms with Crippen molar-refractivity contribution in [3.05, 3.63) is 18.2 Å². The highest BCUT2D eigenvalue weighted by molar-refractivity contribution is 7.22. The molecule has 1 unspecified atom stereocenters. The van der Waals surface area contributed by atoms with Crippen molar-refractivity contribution in [1.82, 2.24) is 4.98 Å². The lowest BCUT2D eigenvalue weighted by Gasteiger charge is -2.10. The van der Waals surface area contributed by atoms with Crippen molar-refractivity contribution in [2.45, 2.75) is 13.0 Å². The Bertz CT molecular complexity index is 600. The van der Waals surface area contributed by atoms with Crippen LogP contribution in [0.5, 0.6) is 0 Å². The molecule has 0 radical (unpaired) electrons. The highest BCUT2D eigenvalue weighted by Gasteiger charge is 2.10. The molecule has 7 heteroatoms. The lowest BCUT2D eigenvalue weighted by molar-refractivity contribution is -0.123. The van der Waals surface area contributed by atoms with Crippen LogP contribution in [-0.2, 0) is 14.3 Å². The van der Waals surface area contributed by atoms with Crippen molar-refractivity contribution in [2.75, 3.05) is 31.4 Å². The molecule has 2 aromatic rings. The van der Waals surface area contributed by atoms with Gasteiger partial charge in [-0.3, -0.25) is 10.1 Å². The van der Waals surface area contributed by atoms with Crippen molar-refractivity contribution in [3.63, 3.8) is 0 Å². The Morgan fingerprint density at radius 1 is 1.55 bits per heavy atom. The monoisotopic (exact) mass is 295 g/mol. The van der Waals surface area contributed by atoms with Crippen LogP contribution in [0.2, 0.25) is 0 Å². The molecule has 1 aromatic carbocycles. The minimum atomic E-state index is -0.236. The second kappa shape index (κ2) is 6.65. The predicted molar refractivity (Wildman–Crippen MR) is 80.0 cm³/mol. The maximum atomic E-state index is 11.7. The summed E-state index contributed by atoms with van der Waals surface area (Å²) in [6.07, 6.45) is -0.124. The van der Waals surface area contributed by atoms with Gasteiger partial charge in [0.2, 0.25) is 0 Å². The van der Waals surface area contributed by atoms with E-state index in [4.69, 9.17) is 15.2 Å². The molecule has 0 saturated heterocycles. The normalized spacial score (nSPS) is 12.5. The molecule has 1 atom stereocenters. The Morgan fingerprint density at radius 2 is 2.35 bits per heavy atom. The number of benzene rings is 1. The quantitative estimate of drug-likeness (QED) is 0.794. The molecule has 1 aromatic heterocycles. The summed E-state index contributed by atoms with van der Waals surface area (Å²) in [4.78, 5) is 16.0. The Balaban J connectivity index is 1.92. The molecule has 6 nitrogen and oxygen atoms in total. The molecule has 20 heavy (non-hydrogen) atoms. The number of thiazole rings is 1. The van der Waals surface area contributed by atoms with Crippen LogP contribution >= 0.6 is 11.3 Å². The van der Waals surface area contributed by atoms with E-state index < -0.39 is 0 Å². The molecule has 0 aliphatic rings. The SMILES string of the molecule is COCC(C)OCC(=O)Nc1nc2ccc(N)cc2s1. The largest absolute Gasteiger partial charge is 0.399 e. The summed E-state index contributed by atoms with van der Waals surface area (Å²) in [5.41, 5.74) is 7.19. The van der Waals surface area contributed by atoms with Gasteiger partial charge in [0.25, 0.3) is 5.91 Å². The van der Waals surface area contributed by atoms with E-state index in [0.717, 1.165) is 10.2 Å². The maximum absolute atomic E-state index is 11.7. The molecule has 108 valence electrons. The van der Waals surface area contributed by atoms with Crippen molar-refractivity contribution in [3.8, 4) is 0 Å². The van der Waals surface area contributed by atoms with E-state index in [1.54, 1.807) is 13.2 Å². The summed E-state index contributed by atoms with van der Waals surface area (Å²) in [5.74, 6) is -0.236. The number of rotatable bonds is 6. The Labute approximate surface area is 120 Å². The number of fused-ring (bicyclic) bond motifs is 1. The van der Waals surface area contributed by atoms with E-state index in [9.17, 15) is 4.79 Å². The zero-order chi connectivity index (χ0) is 14.5. The molecule has 0 bridgehead atoms. The van der Waals surface area contributed by atoms with Crippen LogP contribution in [0.1, 0.15) is 6.92 Å². The highest BCUT2D eigenvalue weighted by atomic mass is 32.1. The van der Waals surface area contributed by atoms with Gasteiger partial charge in [-0.2, -0.15) is 0 Å². The van der Waals surface area contributed by atoms with Gasteiger partial charge < -0.3 is 15.2 Å². The fourth-order valence-corrected chi connectivity index (χ4v) is 2.58. The fraction of sp³-hybridized carbons (Fsp3) is 0.385. The van der Waals surface area contributed by atoms with Gasteiger partial charge in [0, 0.05) is 12.8 Å². The Hall–Kier alpha value is -1.70. The summed E-state index contributed by atoms with van der Waals surface area (Å²) in [7, 11) is 1.59. The molecule has 1 amide bonds. The molecule has 2 rings (SSSR count). The van der Waals surface area contributed by atoms with Crippen LogP contribution in [0.25, 0.3) is 10.2 Å². The summed E-state index contributed by atoms with van der Waals surface area (Å²) in [6, 6.07) is 5.44. The van der Waals surface area contributed by atoms with E-state index in [1.807, 2.05) is 19.1 Å². The molecule has 3 N–H and O–H groups in total. The lowest BCUT2D eigenvalue weighted by Crippen LogP contribution is -2.24. The average Bonchev–Trinajstić information content (AvgIpc) is 2.78. The number of anilines is 2. The number of hydrogen-bond donors (Lipinski definition) is 2. The first-order valence-corrected chi connectivity index (χ1v) is 6.96. The number of nitrogens with one attached hydrogen (secondary N) is 1. The van der Waals surface area contributed by atoms with Gasteiger partial charge in [0.15, 0.2) is 5.13 Å². The smallest absolute Gasteiger partial charge is 0.252 e. The number of hydrogen-bond acceptors (Lipinski definition) is 6. The standard InChI is InChI=1S/C13H17N3O3S/c1-8(6-18-2)19-7-12(17)16-13-15-10-4-3-9(14)5-11(10)20-13/h3-5,8H,6-7,14H2,1-2H3,(H,15,16,17). The van der Waals surface area contributed by atoms with Crippen LogP contribution in [0.15, 0.2) is 18.2 Å². The molecule has 0 spiro atoms. The van der Waals surface area contributed by atoms with Gasteiger partial charge in [0.05, 0.1) is 22.9 Å². The van der Waals surface area contributed by atoms with E-state index >= 15 is 0 Å². The Morgan fingerprint density at radius 3 is 3.10 bits per heavy atom. The van der Waals surface area contributed by atoms with Crippen LogP contribution < -0.4 is 11.1 Å². The van der Waals surface area contributed by atoms with Crippen molar-refractivity contribution in [1.29, 1.82) is 0 Å². The van der Waals surface area contributed by atoms with E-state index in [0.29, 0.717) is 17.4 Å². The summed E-state index contributed by atoms with van der Waals surface area (Å²) < 4.78 is 11.2. The number of aromatic nitrogens is 1. The highest BCUT2D eigenvalue weighted by Crippen LogP contribution is 2.27. The molecule has 0 aliphatic heterocycles. The van der Waals surface area contributed by atoms with E-state index in [1.165, 1.54) is 11.3 Å². The summed E-state index contributed by atoms with van der Waals surface area (Å²) in [6.45, 7) is 2.27. The number of amides is 1. The first-order valence-electron chi connectivity index (χ1n) is 6.15. The van der Waals surface area contributed by atoms with E-state index in [-0.39, 0.29) is 18.6 Å². The third kappa shape index (κ3) is 3.89. The topological polar surface area (TPSA) is 86.5 Å². The number of nitrogens with zero attached hydrogens (tertiary/aromatic N) is 1. The fourth-order valence-electron chi connectivity index (χ4n) is 1.65. The third-order valence-electron chi connectivity index (χ3n) is 2.56. The lowest BCUT2D eigenvalue weighted by atomic mass is 10.3. The molecule has 0 aliphatic carbocycles. The zero-order valence-electron chi connectivity index (χ0n) is 11.4. The number of ether oxygens (including phenoxy) is 2. The van der Waals surface area contributed by atoms with Crippen LogP contribution in [0.4, 0.5) is 10.8 Å². The molecule has 1 heterocycles. The van der Waals surface area contributed by atoms with Gasteiger partial charge in [-0.1, -0.05) is 11.3 Å². The first kappa shape index (κ1) is 14.7. The molecule has 0 saturated carbocycles. The summed E-state index contributed by atoms with van der Waals surface area (Å²) >= 11 is 1.38. The van der Waals surface area contributed by atoms with Gasteiger partial charge in [-0.25, -0.2) is 4.98 Å². The van der Waals surface area contributed by atoms with Gasteiger partial charge >= 0.3 is 0 Å². The number of nitrogens with two attached hydrogens (primary N) is 1. The summed E-state index contributed by atoms with van der Waals surface area (Å²) in [5, 5.41) is 3.25. The van der Waals surface area contributed by atoms with Crippen LogP contribution in [0, 0.1) is 0 Å². The number of carbonyl (C=O) groups is 1. The minimum Gasteiger partial charge on any atom is -0.399 e. The van der Waals surface area contributed by atoms with Crippen molar-refractivity contribution < 1.29 is 14.3 Å². The second-order valence-electron chi connectivity index (χ2n) is 4.37. The van der Waals surface area contributed by atoms with Gasteiger partial charge in [-0.05, 0) is 25.1 Å². The van der Waals surface area contributed by atoms with Gasteiger partial charge in [-0.15, -0.1) is 0 Å². The molecular formula is C13H17N3O3S. The second-order valence-corrected chi connectivity index (χ2v) is 5.40. The molecular weight excluding hydrogens is 278 g/mol. The number of nitrogen functional groups attached to an aromatic ring is 1. The van der Waals surface area contributed by atoms with Crippen molar-refractivity contribution >= 4 is 38.3 Å². The number of carbonyl (C=O) groups excluding carboxylic acids is 1. The minimum absolute atomic E-state index is 0.0252. The Kier molecular flexibility index (Phi) is 4.89. The first-order chi connectivity index (χ1) is 9.58. The number of methoxy groups -OCH3 is 1. The van der Waals surface area contributed by atoms with Crippen LogP contribution in [-0.4, -0.2) is 37.3 Å². The van der Waals surface area contributed by atoms with Crippen molar-refractivity contribution in [2.24, 2.45) is 0 Å². The van der Waals surface area contributed by atoms with Crippen LogP contribution in [0.3, 0.4) is 0 Å².